The lowest BCUT2D eigenvalue weighted by Crippen LogP contribution is -2.31. The Morgan fingerprint density at radius 1 is 1.53 bits per heavy atom. The number of isothiocyanates is 1. The van der Waals surface area contributed by atoms with Crippen molar-refractivity contribution >= 4 is 40.9 Å². The molecule has 1 rings (SSSR count). The molecule has 0 aromatic heterocycles. The number of hydrogen-bond acceptors (Lipinski definition) is 4. The van der Waals surface area contributed by atoms with E-state index in [-0.39, 0.29) is 6.54 Å². The highest BCUT2D eigenvalue weighted by Gasteiger charge is 2.21. The molecule has 0 saturated carbocycles. The van der Waals surface area contributed by atoms with E-state index in [1.165, 1.54) is 0 Å². The van der Waals surface area contributed by atoms with Crippen LogP contribution in [0, 0.1) is 0 Å². The zero-order valence-corrected chi connectivity index (χ0v) is 12.6. The number of amides is 1. The van der Waals surface area contributed by atoms with Crippen LogP contribution in [0.2, 0.25) is 0 Å². The van der Waals surface area contributed by atoms with Crippen LogP contribution in [-0.4, -0.2) is 21.3 Å². The molecule has 1 aromatic carbocycles. The van der Waals surface area contributed by atoms with Crippen molar-refractivity contribution < 1.29 is 9.53 Å². The fraction of sp³-hybridized carbons (Fsp3) is 0.385. The second kappa shape index (κ2) is 6.66. The van der Waals surface area contributed by atoms with Crippen molar-refractivity contribution in [2.45, 2.75) is 32.9 Å². The van der Waals surface area contributed by atoms with Crippen molar-refractivity contribution in [3.63, 3.8) is 0 Å². The summed E-state index contributed by atoms with van der Waals surface area (Å²) in [5.41, 5.74) is 0.919. The van der Waals surface area contributed by atoms with Gasteiger partial charge in [-0.2, -0.15) is 4.99 Å². The first kappa shape index (κ1) is 15.6. The van der Waals surface area contributed by atoms with Gasteiger partial charge in [0.05, 0.1) is 17.4 Å². The highest BCUT2D eigenvalue weighted by Crippen LogP contribution is 2.18. The first-order valence-electron chi connectivity index (χ1n) is 5.65. The van der Waals surface area contributed by atoms with Gasteiger partial charge in [0, 0.05) is 11.8 Å². The Balaban J connectivity index is 2.71. The molecule has 0 aliphatic carbocycles. The van der Waals surface area contributed by atoms with Gasteiger partial charge in [0.15, 0.2) is 0 Å². The van der Waals surface area contributed by atoms with Crippen LogP contribution in [0.4, 0.5) is 10.5 Å². The Morgan fingerprint density at radius 3 is 2.79 bits per heavy atom. The number of carbonyl (C=O) groups is 1. The number of hydrogen-bond donors (Lipinski definition) is 0. The van der Waals surface area contributed by atoms with Gasteiger partial charge in [0.1, 0.15) is 5.60 Å². The summed E-state index contributed by atoms with van der Waals surface area (Å²) in [5, 5.41) is 2.29. The molecule has 0 N–H and O–H groups in total. The maximum atomic E-state index is 11.7. The van der Waals surface area contributed by atoms with E-state index >= 15 is 0 Å². The van der Waals surface area contributed by atoms with Crippen LogP contribution in [-0.2, 0) is 11.3 Å². The second-order valence-corrected chi connectivity index (χ2v) is 5.46. The molecule has 0 aliphatic rings. The summed E-state index contributed by atoms with van der Waals surface area (Å²) >= 11 is 10.4. The first-order valence-corrected chi connectivity index (χ1v) is 6.39. The standard InChI is InChI=1S/C13H15ClN2O2S/c1-13(2,3)18-12(17)16(14)8-10-5-4-6-11(7-10)15-9-19/h4-7H,8H2,1-3H3. The molecule has 19 heavy (non-hydrogen) atoms. The van der Waals surface area contributed by atoms with E-state index in [1.54, 1.807) is 39.0 Å². The normalized spacial score (nSPS) is 10.5. The van der Waals surface area contributed by atoms with Crippen molar-refractivity contribution in [1.82, 2.24) is 4.42 Å². The maximum Gasteiger partial charge on any atom is 0.425 e. The minimum atomic E-state index is -0.585. The van der Waals surface area contributed by atoms with E-state index in [0.717, 1.165) is 9.98 Å². The number of nitrogens with zero attached hydrogens (tertiary/aromatic N) is 2. The van der Waals surface area contributed by atoms with Crippen LogP contribution < -0.4 is 0 Å². The molecular weight excluding hydrogens is 284 g/mol. The molecule has 0 fully saturated rings. The van der Waals surface area contributed by atoms with Crippen LogP contribution in [0.15, 0.2) is 29.3 Å². The van der Waals surface area contributed by atoms with Gasteiger partial charge in [-0.1, -0.05) is 12.1 Å². The van der Waals surface area contributed by atoms with Crippen LogP contribution in [0.5, 0.6) is 0 Å². The average Bonchev–Trinajstić information content (AvgIpc) is 2.27. The van der Waals surface area contributed by atoms with E-state index in [0.29, 0.717) is 5.69 Å². The van der Waals surface area contributed by atoms with Gasteiger partial charge in [0.2, 0.25) is 0 Å². The molecular formula is C13H15ClN2O2S. The Morgan fingerprint density at radius 2 is 2.21 bits per heavy atom. The third kappa shape index (κ3) is 5.83. The van der Waals surface area contributed by atoms with Crippen molar-refractivity contribution in [2.24, 2.45) is 4.99 Å². The topological polar surface area (TPSA) is 41.9 Å². The minimum absolute atomic E-state index is 0.220. The molecule has 1 aromatic rings. The number of aliphatic imine (C=N–C) groups is 1. The fourth-order valence-corrected chi connectivity index (χ4v) is 1.59. The van der Waals surface area contributed by atoms with Gasteiger partial charge < -0.3 is 4.74 Å². The lowest BCUT2D eigenvalue weighted by atomic mass is 10.2. The van der Waals surface area contributed by atoms with E-state index < -0.39 is 11.7 Å². The third-order valence-corrected chi connectivity index (χ3v) is 2.35. The molecule has 0 bridgehead atoms. The number of carbonyl (C=O) groups excluding carboxylic acids is 1. The van der Waals surface area contributed by atoms with Gasteiger partial charge in [-0.25, -0.2) is 9.21 Å². The number of halogens is 1. The monoisotopic (exact) mass is 298 g/mol. The van der Waals surface area contributed by atoms with Crippen LogP contribution in [0.1, 0.15) is 26.3 Å². The lowest BCUT2D eigenvalue weighted by Gasteiger charge is -2.22. The Kier molecular flexibility index (Phi) is 5.48. The molecule has 4 nitrogen and oxygen atoms in total. The highest BCUT2D eigenvalue weighted by atomic mass is 35.5. The first-order chi connectivity index (χ1) is 8.81. The third-order valence-electron chi connectivity index (χ3n) is 2.00. The lowest BCUT2D eigenvalue weighted by molar-refractivity contribution is 0.0383. The summed E-state index contributed by atoms with van der Waals surface area (Å²) in [6, 6.07) is 7.21. The number of benzene rings is 1. The number of thiocarbonyl (C=S) groups is 1. The number of rotatable bonds is 3. The van der Waals surface area contributed by atoms with E-state index in [2.05, 4.69) is 22.4 Å². The quantitative estimate of drug-likeness (QED) is 0.474. The molecule has 0 atom stereocenters. The predicted molar refractivity (Wildman–Crippen MR) is 78.8 cm³/mol. The van der Waals surface area contributed by atoms with Crippen LogP contribution >= 0.6 is 24.0 Å². The summed E-state index contributed by atoms with van der Waals surface area (Å²) in [7, 11) is 0. The van der Waals surface area contributed by atoms with Gasteiger partial charge in [-0.15, -0.1) is 0 Å². The molecule has 6 heteroatoms. The minimum Gasteiger partial charge on any atom is -0.443 e. The van der Waals surface area contributed by atoms with E-state index in [9.17, 15) is 4.79 Å². The van der Waals surface area contributed by atoms with Gasteiger partial charge in [-0.3, -0.25) is 0 Å². The summed E-state index contributed by atoms with van der Waals surface area (Å²) in [4.78, 5) is 15.6. The number of ether oxygens (including phenoxy) is 1. The van der Waals surface area contributed by atoms with Crippen molar-refractivity contribution in [3.05, 3.63) is 29.8 Å². The smallest absolute Gasteiger partial charge is 0.425 e. The molecule has 0 spiro atoms. The molecule has 0 unspecified atom stereocenters. The molecule has 0 radical (unpaired) electrons. The highest BCUT2D eigenvalue weighted by molar-refractivity contribution is 7.78. The molecule has 102 valence electrons. The Hall–Kier alpha value is -1.42. The van der Waals surface area contributed by atoms with Crippen molar-refractivity contribution in [3.8, 4) is 0 Å². The fourth-order valence-electron chi connectivity index (χ4n) is 1.31. The summed E-state index contributed by atoms with van der Waals surface area (Å²) < 4.78 is 6.14. The van der Waals surface area contributed by atoms with Crippen molar-refractivity contribution in [1.29, 1.82) is 0 Å². The zero-order valence-electron chi connectivity index (χ0n) is 11.0. The maximum absolute atomic E-state index is 11.7. The molecule has 0 aliphatic heterocycles. The van der Waals surface area contributed by atoms with Crippen LogP contribution in [0.25, 0.3) is 0 Å². The van der Waals surface area contributed by atoms with Gasteiger partial charge in [0.25, 0.3) is 0 Å². The van der Waals surface area contributed by atoms with Crippen LogP contribution in [0.3, 0.4) is 0 Å². The Labute approximate surface area is 123 Å². The molecule has 0 saturated heterocycles. The summed E-state index contributed by atoms with van der Waals surface area (Å²) in [6.45, 7) is 5.57. The van der Waals surface area contributed by atoms with Crippen molar-refractivity contribution in [2.75, 3.05) is 0 Å². The van der Waals surface area contributed by atoms with E-state index in [1.807, 2.05) is 6.07 Å². The average molecular weight is 299 g/mol. The summed E-state index contributed by atoms with van der Waals surface area (Å²) in [5.74, 6) is 0. The SMILES string of the molecule is CC(C)(C)OC(=O)N(Cl)Cc1cccc(N=C=S)c1. The largest absolute Gasteiger partial charge is 0.443 e. The summed E-state index contributed by atoms with van der Waals surface area (Å²) in [6.07, 6.45) is -0.585. The zero-order chi connectivity index (χ0) is 14.5. The van der Waals surface area contributed by atoms with Gasteiger partial charge in [-0.05, 0) is 50.7 Å². The predicted octanol–water partition coefficient (Wildman–Crippen LogP) is 4.31. The van der Waals surface area contributed by atoms with Gasteiger partial charge >= 0.3 is 6.09 Å². The molecule has 0 heterocycles. The molecule has 1 amide bonds. The second-order valence-electron chi connectivity index (χ2n) is 4.87. The van der Waals surface area contributed by atoms with E-state index in [4.69, 9.17) is 16.5 Å². The Bertz CT molecular complexity index is 508.